The van der Waals surface area contributed by atoms with Gasteiger partial charge < -0.3 is 0 Å². The molecule has 3 aromatic carbocycles. The Kier molecular flexibility index (Phi) is 6.13. The number of halogens is 2. The van der Waals surface area contributed by atoms with E-state index in [0.29, 0.717) is 9.32 Å². The van der Waals surface area contributed by atoms with Crippen molar-refractivity contribution in [1.82, 2.24) is 0 Å². The van der Waals surface area contributed by atoms with Gasteiger partial charge in [-0.3, -0.25) is 0 Å². The van der Waals surface area contributed by atoms with Gasteiger partial charge in [-0.15, -0.1) is 0 Å². The van der Waals surface area contributed by atoms with Crippen LogP contribution in [0.4, 0.5) is 4.39 Å². The van der Waals surface area contributed by atoms with E-state index in [1.54, 1.807) is 36.4 Å². The van der Waals surface area contributed by atoms with Crippen molar-refractivity contribution in [2.75, 3.05) is 7.11 Å². The zero-order chi connectivity index (χ0) is 19.4. The third-order valence-corrected chi connectivity index (χ3v) is 11.1. The zero-order valence-electron chi connectivity index (χ0n) is 14.7. The summed E-state index contributed by atoms with van der Waals surface area (Å²) in [4.78, 5) is 0.0710. The average molecular weight is 500 g/mol. The monoisotopic (exact) mass is 500 g/mol. The van der Waals surface area contributed by atoms with Crippen LogP contribution in [0.15, 0.2) is 77.7 Å². The summed E-state index contributed by atoms with van der Waals surface area (Å²) in [7, 11) is -2.56. The van der Waals surface area contributed by atoms with Crippen LogP contribution in [-0.4, -0.2) is 15.5 Å². The quantitative estimate of drug-likeness (QED) is 0.447. The number of aryl methyl sites for hydroxylation is 1. The Hall–Kier alpha value is -1.97. The Bertz CT molecular complexity index is 1020. The van der Waals surface area contributed by atoms with Crippen molar-refractivity contribution in [2.24, 2.45) is 0 Å². The molecule has 0 bridgehead atoms. The molecular weight excluding hydrogens is 482 g/mol. The van der Waals surface area contributed by atoms with Crippen molar-refractivity contribution in [3.8, 4) is 5.75 Å². The maximum absolute atomic E-state index is 13.9. The van der Waals surface area contributed by atoms with Gasteiger partial charge in [-0.2, -0.15) is 0 Å². The first-order chi connectivity index (χ1) is 12.9. The molecule has 0 radical (unpaired) electrons. The van der Waals surface area contributed by atoms with E-state index in [4.69, 9.17) is 7.25 Å². The van der Waals surface area contributed by atoms with Crippen molar-refractivity contribution in [2.45, 2.75) is 11.8 Å². The van der Waals surface area contributed by atoms with Gasteiger partial charge in [-0.25, -0.2) is 0 Å². The minimum atomic E-state index is -4.02. The van der Waals surface area contributed by atoms with E-state index in [-0.39, 0.29) is 4.90 Å². The predicted octanol–water partition coefficient (Wildman–Crippen LogP) is 5.01. The van der Waals surface area contributed by atoms with Crippen molar-refractivity contribution < 1.29 is 20.1 Å². The fraction of sp³-hybridized carbons (Fsp3) is 0.100. The first kappa shape index (κ1) is 19.8. The van der Waals surface area contributed by atoms with Gasteiger partial charge in [-0.05, 0) is 0 Å². The minimum absolute atomic E-state index is 0.0710. The first-order valence-corrected chi connectivity index (χ1v) is 12.5. The summed E-state index contributed by atoms with van der Waals surface area (Å²) >= 11 is -3.02. The predicted molar refractivity (Wildman–Crippen MR) is 110 cm³/mol. The molecule has 0 heterocycles. The van der Waals surface area contributed by atoms with Crippen molar-refractivity contribution in [3.63, 3.8) is 0 Å². The van der Waals surface area contributed by atoms with E-state index in [1.807, 2.05) is 13.0 Å². The number of hydrogen-bond acceptors (Lipinski definition) is 4. The Morgan fingerprint density at radius 3 is 2.22 bits per heavy atom. The SMILES string of the molecule is COc1ccc(F)cc1I(OS(=O)(=O)c1ccc(C)cc1)c1ccccc1. The van der Waals surface area contributed by atoms with Crippen LogP contribution < -0.4 is 4.74 Å². The van der Waals surface area contributed by atoms with Crippen LogP contribution >= 0.6 is 20.2 Å². The average Bonchev–Trinajstić information content (AvgIpc) is 2.67. The van der Waals surface area contributed by atoms with Gasteiger partial charge >= 0.3 is 166 Å². The molecule has 3 rings (SSSR count). The molecule has 0 saturated heterocycles. The molecule has 4 nitrogen and oxygen atoms in total. The molecule has 0 aliphatic rings. The van der Waals surface area contributed by atoms with Gasteiger partial charge in [0.1, 0.15) is 0 Å². The Morgan fingerprint density at radius 2 is 1.59 bits per heavy atom. The molecular formula is C20H18FIO4S. The van der Waals surface area contributed by atoms with Gasteiger partial charge in [0.05, 0.1) is 0 Å². The van der Waals surface area contributed by atoms with E-state index in [2.05, 4.69) is 0 Å². The molecule has 0 aromatic heterocycles. The summed E-state index contributed by atoms with van der Waals surface area (Å²) in [6.07, 6.45) is 0. The van der Waals surface area contributed by atoms with Crippen LogP contribution in [0.25, 0.3) is 0 Å². The Labute approximate surface area is 166 Å². The molecule has 27 heavy (non-hydrogen) atoms. The summed E-state index contributed by atoms with van der Waals surface area (Å²) in [5.74, 6) is -0.0649. The van der Waals surface area contributed by atoms with E-state index in [1.165, 1.54) is 37.4 Å². The van der Waals surface area contributed by atoms with Gasteiger partial charge in [0.15, 0.2) is 0 Å². The molecule has 0 unspecified atom stereocenters. The van der Waals surface area contributed by atoms with Crippen molar-refractivity contribution >= 4 is 30.4 Å². The third-order valence-electron chi connectivity index (χ3n) is 3.69. The molecule has 0 aliphatic heterocycles. The number of hydrogen-bond donors (Lipinski definition) is 0. The van der Waals surface area contributed by atoms with E-state index >= 15 is 0 Å². The normalized spacial score (nSPS) is 11.9. The number of ether oxygens (including phenoxy) is 1. The molecule has 0 amide bonds. The molecule has 0 saturated carbocycles. The summed E-state index contributed by atoms with van der Waals surface area (Å²) in [6.45, 7) is 1.87. The molecule has 0 N–H and O–H groups in total. The van der Waals surface area contributed by atoms with Crippen LogP contribution in [-0.2, 0) is 12.6 Å². The Morgan fingerprint density at radius 1 is 0.926 bits per heavy atom. The van der Waals surface area contributed by atoms with Crippen molar-refractivity contribution in [3.05, 3.63) is 91.3 Å². The topological polar surface area (TPSA) is 52.6 Å². The first-order valence-electron chi connectivity index (χ1n) is 8.01. The molecule has 142 valence electrons. The third kappa shape index (κ3) is 4.66. The molecule has 0 aliphatic carbocycles. The number of rotatable bonds is 6. The molecule has 7 heteroatoms. The van der Waals surface area contributed by atoms with Gasteiger partial charge in [0, 0.05) is 0 Å². The summed E-state index contributed by atoms with van der Waals surface area (Å²) in [5, 5.41) is 0. The van der Waals surface area contributed by atoms with Crippen LogP contribution in [0, 0.1) is 19.9 Å². The second-order valence-electron chi connectivity index (χ2n) is 5.65. The fourth-order valence-corrected chi connectivity index (χ4v) is 9.61. The Balaban J connectivity index is 2.09. The fourth-order valence-electron chi connectivity index (χ4n) is 2.32. The van der Waals surface area contributed by atoms with Gasteiger partial charge in [0.2, 0.25) is 0 Å². The summed E-state index contributed by atoms with van der Waals surface area (Å²) in [6, 6.07) is 19.5. The van der Waals surface area contributed by atoms with E-state index < -0.39 is 36.2 Å². The second kappa shape index (κ2) is 8.37. The van der Waals surface area contributed by atoms with Crippen molar-refractivity contribution in [1.29, 1.82) is 0 Å². The molecule has 0 atom stereocenters. The van der Waals surface area contributed by atoms with Crippen LogP contribution in [0.5, 0.6) is 5.75 Å². The summed E-state index contributed by atoms with van der Waals surface area (Å²) < 4.78 is 51.9. The maximum atomic E-state index is 13.9. The molecule has 3 aromatic rings. The summed E-state index contributed by atoms with van der Waals surface area (Å²) in [5.41, 5.74) is 0.944. The number of methoxy groups -OCH3 is 1. The number of benzene rings is 3. The van der Waals surface area contributed by atoms with Crippen LogP contribution in [0.3, 0.4) is 0 Å². The van der Waals surface area contributed by atoms with E-state index in [9.17, 15) is 12.8 Å². The van der Waals surface area contributed by atoms with Crippen LogP contribution in [0.1, 0.15) is 5.56 Å². The van der Waals surface area contributed by atoms with Crippen LogP contribution in [0.2, 0.25) is 0 Å². The van der Waals surface area contributed by atoms with E-state index in [0.717, 1.165) is 9.13 Å². The van der Waals surface area contributed by atoms with Gasteiger partial charge in [0.25, 0.3) is 0 Å². The molecule has 0 spiro atoms. The second-order valence-corrected chi connectivity index (χ2v) is 12.1. The van der Waals surface area contributed by atoms with Gasteiger partial charge in [-0.1, -0.05) is 0 Å². The molecule has 0 fully saturated rings. The standard InChI is InChI=1S/C20H18FIO4S/c1-15-8-11-18(12-9-15)27(23,24)26-22(17-6-4-3-5-7-17)19-14-16(21)10-13-20(19)25-2/h3-14H,1-2H3. The zero-order valence-corrected chi connectivity index (χ0v) is 17.7.